The van der Waals surface area contributed by atoms with Gasteiger partial charge >= 0.3 is 0 Å². The van der Waals surface area contributed by atoms with Crippen LogP contribution >= 0.6 is 0 Å². The van der Waals surface area contributed by atoms with Crippen molar-refractivity contribution in [3.63, 3.8) is 0 Å². The second kappa shape index (κ2) is 5.45. The van der Waals surface area contributed by atoms with Gasteiger partial charge in [0.05, 0.1) is 6.04 Å². The third-order valence-corrected chi connectivity index (χ3v) is 3.57. The number of nitrogens with two attached hydrogens (primary N) is 1. The summed E-state index contributed by atoms with van der Waals surface area (Å²) in [6, 6.07) is 19.9. The van der Waals surface area contributed by atoms with Crippen LogP contribution in [0.4, 0.5) is 0 Å². The van der Waals surface area contributed by atoms with Gasteiger partial charge in [-0.1, -0.05) is 60.7 Å². The Balaban J connectivity index is 1.90. The molecule has 2 aromatic rings. The van der Waals surface area contributed by atoms with Gasteiger partial charge in [-0.3, -0.25) is 0 Å². The summed E-state index contributed by atoms with van der Waals surface area (Å²) in [5, 5.41) is 0. The van der Waals surface area contributed by atoms with Crippen LogP contribution in [0.25, 0.3) is 0 Å². The average molecular weight is 267 g/mol. The van der Waals surface area contributed by atoms with Crippen LogP contribution in [0.5, 0.6) is 0 Å². The second-order valence-corrected chi connectivity index (χ2v) is 4.88. The predicted molar refractivity (Wildman–Crippen MR) is 79.0 cm³/mol. The molecule has 4 nitrogen and oxygen atoms in total. The monoisotopic (exact) mass is 267 g/mol. The summed E-state index contributed by atoms with van der Waals surface area (Å²) >= 11 is 0. The molecule has 1 heterocycles. The molecule has 0 amide bonds. The van der Waals surface area contributed by atoms with Crippen LogP contribution in [0.3, 0.4) is 0 Å². The number of nitrogens with one attached hydrogen (secondary N) is 1. The number of nitrogens with zero attached hydrogens (tertiary/aromatic N) is 1. The van der Waals surface area contributed by atoms with Crippen LogP contribution in [0.15, 0.2) is 65.7 Å². The van der Waals surface area contributed by atoms with Gasteiger partial charge in [0.1, 0.15) is 0 Å². The number of aliphatic imine (C=N–C) groups is 1. The first-order chi connectivity index (χ1) is 9.81. The summed E-state index contributed by atoms with van der Waals surface area (Å²) in [5.41, 5.74) is 10.8. The smallest absolute Gasteiger partial charge is 0.198 e. The van der Waals surface area contributed by atoms with Gasteiger partial charge in [-0.25, -0.2) is 4.99 Å². The molecule has 0 saturated carbocycles. The van der Waals surface area contributed by atoms with E-state index in [0.717, 1.165) is 5.56 Å². The SMILES string of the molecule is NC(Cc1ccccc1)C1(c2ccccc2)N=CON1. The van der Waals surface area contributed by atoms with Crippen molar-refractivity contribution in [3.05, 3.63) is 71.8 Å². The van der Waals surface area contributed by atoms with Crippen LogP contribution in [-0.2, 0) is 16.9 Å². The number of hydrogen-bond acceptors (Lipinski definition) is 4. The minimum atomic E-state index is -0.725. The lowest BCUT2D eigenvalue weighted by Gasteiger charge is -2.31. The highest BCUT2D eigenvalue weighted by Gasteiger charge is 2.41. The maximum absolute atomic E-state index is 6.42. The van der Waals surface area contributed by atoms with E-state index in [2.05, 4.69) is 22.6 Å². The van der Waals surface area contributed by atoms with Crippen molar-refractivity contribution in [1.29, 1.82) is 0 Å². The van der Waals surface area contributed by atoms with E-state index in [1.807, 2.05) is 48.5 Å². The quantitative estimate of drug-likeness (QED) is 0.890. The van der Waals surface area contributed by atoms with E-state index in [4.69, 9.17) is 10.6 Å². The Hall–Kier alpha value is -2.17. The number of hydroxylamine groups is 1. The first kappa shape index (κ1) is 12.8. The summed E-state index contributed by atoms with van der Waals surface area (Å²) in [6.07, 6.45) is 2.13. The zero-order valence-electron chi connectivity index (χ0n) is 11.1. The molecule has 0 bridgehead atoms. The Kier molecular flexibility index (Phi) is 3.50. The molecule has 2 aromatic carbocycles. The van der Waals surface area contributed by atoms with E-state index in [0.29, 0.717) is 6.42 Å². The largest absolute Gasteiger partial charge is 0.394 e. The number of rotatable bonds is 4. The van der Waals surface area contributed by atoms with Crippen molar-refractivity contribution in [1.82, 2.24) is 5.48 Å². The van der Waals surface area contributed by atoms with Crippen molar-refractivity contribution in [2.45, 2.75) is 18.1 Å². The second-order valence-electron chi connectivity index (χ2n) is 4.88. The Morgan fingerprint density at radius 2 is 1.70 bits per heavy atom. The van der Waals surface area contributed by atoms with Crippen molar-refractivity contribution in [2.24, 2.45) is 10.7 Å². The normalized spacial score (nSPS) is 22.4. The molecule has 102 valence electrons. The summed E-state index contributed by atoms with van der Waals surface area (Å²) in [4.78, 5) is 9.60. The Morgan fingerprint density at radius 1 is 1.05 bits per heavy atom. The summed E-state index contributed by atoms with van der Waals surface area (Å²) < 4.78 is 0. The van der Waals surface area contributed by atoms with Crippen molar-refractivity contribution >= 4 is 6.40 Å². The lowest BCUT2D eigenvalue weighted by Crippen LogP contribution is -2.52. The molecule has 1 aliphatic rings. The molecular formula is C16H17N3O. The Labute approximate surface area is 118 Å². The fourth-order valence-corrected chi connectivity index (χ4v) is 2.48. The number of hydrogen-bond donors (Lipinski definition) is 2. The van der Waals surface area contributed by atoms with E-state index < -0.39 is 5.66 Å². The highest BCUT2D eigenvalue weighted by atomic mass is 16.7. The Bertz CT molecular complexity index is 585. The average Bonchev–Trinajstić information content (AvgIpc) is 3.00. The molecule has 3 N–H and O–H groups in total. The molecule has 20 heavy (non-hydrogen) atoms. The fraction of sp³-hybridized carbons (Fsp3) is 0.188. The third kappa shape index (κ3) is 2.31. The maximum atomic E-state index is 6.42. The van der Waals surface area contributed by atoms with Gasteiger partial charge in [0.2, 0.25) is 0 Å². The molecule has 0 aromatic heterocycles. The minimum Gasteiger partial charge on any atom is -0.394 e. The number of benzene rings is 2. The molecule has 0 aliphatic carbocycles. The van der Waals surface area contributed by atoms with E-state index in [9.17, 15) is 0 Å². The lowest BCUT2D eigenvalue weighted by molar-refractivity contribution is 0.103. The zero-order valence-corrected chi connectivity index (χ0v) is 11.1. The first-order valence-electron chi connectivity index (χ1n) is 6.63. The molecular weight excluding hydrogens is 250 g/mol. The van der Waals surface area contributed by atoms with Gasteiger partial charge in [-0.15, -0.1) is 5.48 Å². The molecule has 0 spiro atoms. The topological polar surface area (TPSA) is 59.6 Å². The maximum Gasteiger partial charge on any atom is 0.198 e. The molecule has 1 aliphatic heterocycles. The van der Waals surface area contributed by atoms with Gasteiger partial charge in [0, 0.05) is 0 Å². The Morgan fingerprint density at radius 3 is 2.30 bits per heavy atom. The van der Waals surface area contributed by atoms with Crippen LogP contribution in [-0.4, -0.2) is 12.4 Å². The first-order valence-corrected chi connectivity index (χ1v) is 6.63. The molecule has 0 saturated heterocycles. The predicted octanol–water partition coefficient (Wildman–Crippen LogP) is 1.97. The van der Waals surface area contributed by atoms with Crippen molar-refractivity contribution < 1.29 is 4.84 Å². The van der Waals surface area contributed by atoms with Gasteiger partial charge in [0.25, 0.3) is 0 Å². The van der Waals surface area contributed by atoms with Gasteiger partial charge < -0.3 is 10.6 Å². The van der Waals surface area contributed by atoms with Crippen LogP contribution in [0.2, 0.25) is 0 Å². The van der Waals surface area contributed by atoms with Crippen LogP contribution < -0.4 is 11.2 Å². The summed E-state index contributed by atoms with van der Waals surface area (Å²) in [5.74, 6) is 0. The summed E-state index contributed by atoms with van der Waals surface area (Å²) in [7, 11) is 0. The molecule has 0 radical (unpaired) electrons. The highest BCUT2D eigenvalue weighted by Crippen LogP contribution is 2.29. The van der Waals surface area contributed by atoms with E-state index in [1.165, 1.54) is 12.0 Å². The van der Waals surface area contributed by atoms with E-state index in [-0.39, 0.29) is 6.04 Å². The van der Waals surface area contributed by atoms with Gasteiger partial charge in [-0.05, 0) is 17.5 Å². The van der Waals surface area contributed by atoms with Crippen LogP contribution in [0, 0.1) is 0 Å². The molecule has 4 heteroatoms. The van der Waals surface area contributed by atoms with Gasteiger partial charge in [-0.2, -0.15) is 0 Å². The third-order valence-electron chi connectivity index (χ3n) is 3.57. The molecule has 2 atom stereocenters. The van der Waals surface area contributed by atoms with E-state index >= 15 is 0 Å². The molecule has 3 rings (SSSR count). The summed E-state index contributed by atoms with van der Waals surface area (Å²) in [6.45, 7) is 0. The lowest BCUT2D eigenvalue weighted by atomic mass is 9.89. The zero-order chi connectivity index (χ0) is 13.8. The standard InChI is InChI=1S/C16H17N3O/c17-15(11-13-7-3-1-4-8-13)16(18-12-20-19-16)14-9-5-2-6-10-14/h1-10,12,15,19H,11,17H2. The molecule has 0 fully saturated rings. The minimum absolute atomic E-state index is 0.231. The molecule has 2 unspecified atom stereocenters. The van der Waals surface area contributed by atoms with Gasteiger partial charge in [0.15, 0.2) is 12.1 Å². The van der Waals surface area contributed by atoms with Crippen LogP contribution in [0.1, 0.15) is 11.1 Å². The fourth-order valence-electron chi connectivity index (χ4n) is 2.48. The van der Waals surface area contributed by atoms with Crippen molar-refractivity contribution in [2.75, 3.05) is 0 Å². The van der Waals surface area contributed by atoms with Crippen molar-refractivity contribution in [3.8, 4) is 0 Å². The highest BCUT2D eigenvalue weighted by molar-refractivity contribution is 5.51. The van der Waals surface area contributed by atoms with E-state index in [1.54, 1.807) is 0 Å².